The van der Waals surface area contributed by atoms with E-state index < -0.39 is 0 Å². The average molecular weight is 205 g/mol. The first-order valence-electron chi connectivity index (χ1n) is 5.72. The van der Waals surface area contributed by atoms with Crippen molar-refractivity contribution in [3.8, 4) is 0 Å². The minimum absolute atomic E-state index is 0.540. The summed E-state index contributed by atoms with van der Waals surface area (Å²) < 4.78 is 5.44. The van der Waals surface area contributed by atoms with Gasteiger partial charge in [-0.15, -0.1) is 0 Å². The van der Waals surface area contributed by atoms with E-state index in [1.165, 1.54) is 17.5 Å². The summed E-state index contributed by atoms with van der Waals surface area (Å²) in [6.45, 7) is 4.91. The molecule has 0 radical (unpaired) electrons. The van der Waals surface area contributed by atoms with Crippen LogP contribution in [0.1, 0.15) is 17.5 Å². The molecule has 1 aromatic rings. The van der Waals surface area contributed by atoms with Crippen LogP contribution in [-0.4, -0.2) is 25.8 Å². The summed E-state index contributed by atoms with van der Waals surface area (Å²) in [6.07, 6.45) is 2.32. The molecule has 1 N–H and O–H groups in total. The molecule has 1 heterocycles. The Hall–Kier alpha value is -0.860. The van der Waals surface area contributed by atoms with Gasteiger partial charge in [0.25, 0.3) is 0 Å². The van der Waals surface area contributed by atoms with Crippen LogP contribution >= 0.6 is 0 Å². The molecule has 0 bridgehead atoms. The van der Waals surface area contributed by atoms with Crippen LogP contribution in [0, 0.1) is 6.92 Å². The number of rotatable bonds is 3. The van der Waals surface area contributed by atoms with Crippen LogP contribution < -0.4 is 5.32 Å². The second-order valence-corrected chi connectivity index (χ2v) is 4.19. The van der Waals surface area contributed by atoms with Gasteiger partial charge in [-0.1, -0.05) is 24.3 Å². The van der Waals surface area contributed by atoms with Crippen molar-refractivity contribution in [2.75, 3.05) is 19.8 Å². The van der Waals surface area contributed by atoms with E-state index in [0.29, 0.717) is 6.04 Å². The van der Waals surface area contributed by atoms with E-state index in [2.05, 4.69) is 36.5 Å². The average Bonchev–Trinajstić information content (AvgIpc) is 2.29. The van der Waals surface area contributed by atoms with Crippen LogP contribution in [0.15, 0.2) is 24.3 Å². The van der Waals surface area contributed by atoms with Gasteiger partial charge < -0.3 is 10.1 Å². The van der Waals surface area contributed by atoms with Gasteiger partial charge in [0.15, 0.2) is 0 Å². The number of hydrogen-bond donors (Lipinski definition) is 1. The van der Waals surface area contributed by atoms with Gasteiger partial charge in [0.2, 0.25) is 0 Å². The van der Waals surface area contributed by atoms with Gasteiger partial charge in [-0.05, 0) is 30.9 Å². The molecular weight excluding hydrogens is 186 g/mol. The molecule has 1 saturated heterocycles. The van der Waals surface area contributed by atoms with Crippen LogP contribution in [0.25, 0.3) is 0 Å². The van der Waals surface area contributed by atoms with Crippen LogP contribution in [0.3, 0.4) is 0 Å². The van der Waals surface area contributed by atoms with Crippen LogP contribution in [-0.2, 0) is 11.2 Å². The normalized spacial score (nSPS) is 21.5. The molecule has 1 atom stereocenters. The van der Waals surface area contributed by atoms with Crippen molar-refractivity contribution in [3.05, 3.63) is 35.4 Å². The third kappa shape index (κ3) is 3.05. The zero-order valence-corrected chi connectivity index (χ0v) is 9.33. The van der Waals surface area contributed by atoms with Crippen LogP contribution in [0.2, 0.25) is 0 Å². The fourth-order valence-corrected chi connectivity index (χ4v) is 2.03. The zero-order valence-electron chi connectivity index (χ0n) is 9.33. The van der Waals surface area contributed by atoms with E-state index in [0.717, 1.165) is 26.2 Å². The number of morpholine rings is 1. The molecule has 1 aliphatic heterocycles. The van der Waals surface area contributed by atoms with Crippen molar-refractivity contribution in [2.45, 2.75) is 25.8 Å². The Balaban J connectivity index is 1.84. The van der Waals surface area contributed by atoms with Gasteiger partial charge in [-0.3, -0.25) is 0 Å². The molecule has 0 spiro atoms. The molecule has 0 aromatic heterocycles. The fraction of sp³-hybridized carbons (Fsp3) is 0.538. The molecule has 1 unspecified atom stereocenters. The lowest BCUT2D eigenvalue weighted by atomic mass is 10.0. The Morgan fingerprint density at radius 1 is 1.40 bits per heavy atom. The number of benzene rings is 1. The first kappa shape index (κ1) is 10.7. The lowest BCUT2D eigenvalue weighted by Crippen LogP contribution is -2.41. The maximum Gasteiger partial charge on any atom is 0.0620 e. The lowest BCUT2D eigenvalue weighted by Gasteiger charge is -2.23. The molecule has 0 saturated carbocycles. The minimum atomic E-state index is 0.540. The largest absolute Gasteiger partial charge is 0.379 e. The lowest BCUT2D eigenvalue weighted by molar-refractivity contribution is 0.0743. The quantitative estimate of drug-likeness (QED) is 0.814. The molecular formula is C13H19NO. The molecule has 15 heavy (non-hydrogen) atoms. The Kier molecular flexibility index (Phi) is 3.75. The predicted molar refractivity (Wildman–Crippen MR) is 62.1 cm³/mol. The molecule has 2 rings (SSSR count). The van der Waals surface area contributed by atoms with Crippen molar-refractivity contribution < 1.29 is 4.74 Å². The summed E-state index contributed by atoms with van der Waals surface area (Å²) in [5.41, 5.74) is 2.86. The standard InChI is InChI=1S/C13H19NO/c1-11-4-2-3-5-12(11)6-7-13-10-15-9-8-14-13/h2-5,13-14H,6-10H2,1H3. The molecule has 2 nitrogen and oxygen atoms in total. The van der Waals surface area contributed by atoms with Crippen LogP contribution in [0.4, 0.5) is 0 Å². The fourth-order valence-electron chi connectivity index (χ4n) is 2.03. The highest BCUT2D eigenvalue weighted by molar-refractivity contribution is 5.25. The van der Waals surface area contributed by atoms with Crippen molar-refractivity contribution in [1.29, 1.82) is 0 Å². The molecule has 1 aliphatic rings. The maximum absolute atomic E-state index is 5.44. The molecule has 1 aromatic carbocycles. The van der Waals surface area contributed by atoms with E-state index >= 15 is 0 Å². The Bertz CT molecular complexity index is 305. The summed E-state index contributed by atoms with van der Waals surface area (Å²) in [5.74, 6) is 0. The summed E-state index contributed by atoms with van der Waals surface area (Å²) in [6, 6.07) is 9.16. The van der Waals surface area contributed by atoms with Gasteiger partial charge in [0.1, 0.15) is 0 Å². The molecule has 82 valence electrons. The summed E-state index contributed by atoms with van der Waals surface area (Å²) >= 11 is 0. The van der Waals surface area contributed by atoms with Gasteiger partial charge >= 0.3 is 0 Å². The molecule has 1 fully saturated rings. The van der Waals surface area contributed by atoms with E-state index in [1.807, 2.05) is 0 Å². The molecule has 0 aliphatic carbocycles. The van der Waals surface area contributed by atoms with Gasteiger partial charge in [-0.2, -0.15) is 0 Å². The van der Waals surface area contributed by atoms with E-state index in [1.54, 1.807) is 0 Å². The molecule has 2 heteroatoms. The highest BCUT2D eigenvalue weighted by Gasteiger charge is 2.12. The third-order valence-electron chi connectivity index (χ3n) is 3.02. The van der Waals surface area contributed by atoms with Gasteiger partial charge in [-0.25, -0.2) is 0 Å². The summed E-state index contributed by atoms with van der Waals surface area (Å²) in [4.78, 5) is 0. The Morgan fingerprint density at radius 3 is 3.00 bits per heavy atom. The monoisotopic (exact) mass is 205 g/mol. The van der Waals surface area contributed by atoms with E-state index in [4.69, 9.17) is 4.74 Å². The number of hydrogen-bond acceptors (Lipinski definition) is 2. The Labute approximate surface area is 91.6 Å². The topological polar surface area (TPSA) is 21.3 Å². The number of nitrogens with one attached hydrogen (secondary N) is 1. The summed E-state index contributed by atoms with van der Waals surface area (Å²) in [5, 5.41) is 3.48. The second-order valence-electron chi connectivity index (χ2n) is 4.19. The number of aryl methyl sites for hydroxylation is 2. The van der Waals surface area contributed by atoms with Crippen LogP contribution in [0.5, 0.6) is 0 Å². The first-order valence-corrected chi connectivity index (χ1v) is 5.72. The van der Waals surface area contributed by atoms with E-state index in [9.17, 15) is 0 Å². The highest BCUT2D eigenvalue weighted by Crippen LogP contribution is 2.11. The molecule has 0 amide bonds. The maximum atomic E-state index is 5.44. The minimum Gasteiger partial charge on any atom is -0.379 e. The van der Waals surface area contributed by atoms with Crippen molar-refractivity contribution >= 4 is 0 Å². The first-order chi connectivity index (χ1) is 7.36. The predicted octanol–water partition coefficient (Wildman–Crippen LogP) is 1.92. The highest BCUT2D eigenvalue weighted by atomic mass is 16.5. The van der Waals surface area contributed by atoms with E-state index in [-0.39, 0.29) is 0 Å². The Morgan fingerprint density at radius 2 is 2.27 bits per heavy atom. The third-order valence-corrected chi connectivity index (χ3v) is 3.02. The van der Waals surface area contributed by atoms with Gasteiger partial charge in [0.05, 0.1) is 13.2 Å². The van der Waals surface area contributed by atoms with Crippen molar-refractivity contribution in [3.63, 3.8) is 0 Å². The van der Waals surface area contributed by atoms with Gasteiger partial charge in [0, 0.05) is 12.6 Å². The second kappa shape index (κ2) is 5.29. The number of ether oxygens (including phenoxy) is 1. The summed E-state index contributed by atoms with van der Waals surface area (Å²) in [7, 11) is 0. The van der Waals surface area contributed by atoms with Crippen molar-refractivity contribution in [1.82, 2.24) is 5.32 Å². The zero-order chi connectivity index (χ0) is 10.5. The van der Waals surface area contributed by atoms with Crippen molar-refractivity contribution in [2.24, 2.45) is 0 Å². The smallest absolute Gasteiger partial charge is 0.0620 e. The SMILES string of the molecule is Cc1ccccc1CCC1COCCN1.